The molecule has 0 saturated carbocycles. The SMILES string of the molecule is COc1ccccc1N1CC(C(=O)Nc2cc(C(F)(F)F)ccc2N2CCOCC2)CC1=O. The Morgan fingerprint density at radius 3 is 2.55 bits per heavy atom. The summed E-state index contributed by atoms with van der Waals surface area (Å²) in [6.07, 6.45) is -4.59. The molecule has 2 heterocycles. The molecule has 0 aliphatic carbocycles. The quantitative estimate of drug-likeness (QED) is 0.735. The smallest absolute Gasteiger partial charge is 0.416 e. The number of amides is 2. The molecule has 176 valence electrons. The lowest BCUT2D eigenvalue weighted by atomic mass is 10.1. The number of carbonyl (C=O) groups is 2. The first-order chi connectivity index (χ1) is 15.8. The van der Waals surface area contributed by atoms with Crippen LogP contribution in [-0.2, 0) is 20.5 Å². The zero-order chi connectivity index (χ0) is 23.6. The van der Waals surface area contributed by atoms with Gasteiger partial charge in [-0.05, 0) is 30.3 Å². The molecule has 2 aromatic carbocycles. The first kappa shape index (κ1) is 22.9. The van der Waals surface area contributed by atoms with Gasteiger partial charge in [0.2, 0.25) is 11.8 Å². The lowest BCUT2D eigenvalue weighted by molar-refractivity contribution is -0.137. The molecule has 2 aromatic rings. The number of morpholine rings is 1. The van der Waals surface area contributed by atoms with Crippen molar-refractivity contribution in [1.82, 2.24) is 0 Å². The van der Waals surface area contributed by atoms with Crippen LogP contribution in [0.5, 0.6) is 5.75 Å². The summed E-state index contributed by atoms with van der Waals surface area (Å²) in [5, 5.41) is 2.65. The Labute approximate surface area is 189 Å². The Morgan fingerprint density at radius 1 is 1.12 bits per heavy atom. The van der Waals surface area contributed by atoms with Gasteiger partial charge in [-0.25, -0.2) is 0 Å². The molecule has 7 nitrogen and oxygen atoms in total. The molecular weight excluding hydrogens is 439 g/mol. The van der Waals surface area contributed by atoms with Crippen LogP contribution in [0.25, 0.3) is 0 Å². The van der Waals surface area contributed by atoms with E-state index in [1.54, 1.807) is 24.3 Å². The molecule has 33 heavy (non-hydrogen) atoms. The predicted octanol–water partition coefficient (Wildman–Crippen LogP) is 3.54. The van der Waals surface area contributed by atoms with Crippen molar-refractivity contribution in [2.75, 3.05) is 55.1 Å². The minimum atomic E-state index is -4.55. The molecule has 2 amide bonds. The number of hydrogen-bond donors (Lipinski definition) is 1. The average Bonchev–Trinajstić information content (AvgIpc) is 3.20. The van der Waals surface area contributed by atoms with Crippen LogP contribution in [0.4, 0.5) is 30.2 Å². The highest BCUT2D eigenvalue weighted by molar-refractivity contribution is 6.05. The fourth-order valence-electron chi connectivity index (χ4n) is 4.10. The van der Waals surface area contributed by atoms with Gasteiger partial charge < -0.3 is 24.6 Å². The number of methoxy groups -OCH3 is 1. The molecular formula is C23H24F3N3O4. The second-order valence-electron chi connectivity index (χ2n) is 7.90. The molecule has 0 aromatic heterocycles. The molecule has 1 N–H and O–H groups in total. The maximum Gasteiger partial charge on any atom is 0.416 e. The fourth-order valence-corrected chi connectivity index (χ4v) is 4.10. The number of halogens is 3. The minimum absolute atomic E-state index is 0.0459. The average molecular weight is 463 g/mol. The number of nitrogens with zero attached hydrogens (tertiary/aromatic N) is 2. The standard InChI is InChI=1S/C23H24F3N3O4/c1-32-20-5-3-2-4-19(20)29-14-15(12-21(29)30)22(31)27-17-13-16(23(24,25)26)6-7-18(17)28-8-10-33-11-9-28/h2-7,13,15H,8-12,14H2,1H3,(H,27,31). The summed E-state index contributed by atoms with van der Waals surface area (Å²) in [6, 6.07) is 10.3. The van der Waals surface area contributed by atoms with Gasteiger partial charge in [0, 0.05) is 26.1 Å². The zero-order valence-electron chi connectivity index (χ0n) is 18.0. The van der Waals surface area contributed by atoms with E-state index in [9.17, 15) is 22.8 Å². The van der Waals surface area contributed by atoms with Crippen molar-refractivity contribution in [1.29, 1.82) is 0 Å². The van der Waals surface area contributed by atoms with E-state index in [-0.39, 0.29) is 24.6 Å². The second-order valence-corrected chi connectivity index (χ2v) is 7.90. The number of hydrogen-bond acceptors (Lipinski definition) is 5. The van der Waals surface area contributed by atoms with Crippen LogP contribution >= 0.6 is 0 Å². The van der Waals surface area contributed by atoms with Gasteiger partial charge in [-0.2, -0.15) is 13.2 Å². The van der Waals surface area contributed by atoms with Gasteiger partial charge in [0.25, 0.3) is 0 Å². The van der Waals surface area contributed by atoms with E-state index < -0.39 is 23.6 Å². The molecule has 1 unspecified atom stereocenters. The summed E-state index contributed by atoms with van der Waals surface area (Å²) in [5.74, 6) is -0.972. The van der Waals surface area contributed by atoms with Gasteiger partial charge >= 0.3 is 6.18 Å². The van der Waals surface area contributed by atoms with Gasteiger partial charge in [-0.1, -0.05) is 12.1 Å². The molecule has 0 radical (unpaired) electrons. The maximum absolute atomic E-state index is 13.3. The molecule has 2 saturated heterocycles. The minimum Gasteiger partial charge on any atom is -0.495 e. The zero-order valence-corrected chi connectivity index (χ0v) is 18.0. The summed E-state index contributed by atoms with van der Waals surface area (Å²) in [7, 11) is 1.49. The number of alkyl halides is 3. The van der Waals surface area contributed by atoms with Crippen molar-refractivity contribution in [3.63, 3.8) is 0 Å². The summed E-state index contributed by atoms with van der Waals surface area (Å²) < 4.78 is 50.6. The molecule has 2 aliphatic rings. The normalized spacial score (nSPS) is 19.0. The highest BCUT2D eigenvalue weighted by Crippen LogP contribution is 2.37. The van der Waals surface area contributed by atoms with E-state index in [1.807, 2.05) is 4.90 Å². The van der Waals surface area contributed by atoms with Gasteiger partial charge in [0.05, 0.1) is 48.9 Å². The number of ether oxygens (including phenoxy) is 2. The van der Waals surface area contributed by atoms with Crippen LogP contribution in [0.15, 0.2) is 42.5 Å². The van der Waals surface area contributed by atoms with Crippen molar-refractivity contribution in [2.45, 2.75) is 12.6 Å². The number of para-hydroxylation sites is 2. The first-order valence-electron chi connectivity index (χ1n) is 10.6. The Kier molecular flexibility index (Phi) is 6.46. The van der Waals surface area contributed by atoms with Crippen LogP contribution in [-0.4, -0.2) is 51.8 Å². The van der Waals surface area contributed by atoms with Crippen LogP contribution in [0.1, 0.15) is 12.0 Å². The number of rotatable bonds is 5. The topological polar surface area (TPSA) is 71.1 Å². The molecule has 2 aliphatic heterocycles. The van der Waals surface area contributed by atoms with Gasteiger partial charge in [0.1, 0.15) is 5.75 Å². The third-order valence-corrected chi connectivity index (χ3v) is 5.81. The summed E-state index contributed by atoms with van der Waals surface area (Å²) in [6.45, 7) is 1.99. The van der Waals surface area contributed by atoms with Crippen molar-refractivity contribution in [3.8, 4) is 5.75 Å². The molecule has 1 atom stereocenters. The van der Waals surface area contributed by atoms with E-state index >= 15 is 0 Å². The molecule has 4 rings (SSSR count). The monoisotopic (exact) mass is 463 g/mol. The number of anilines is 3. The van der Waals surface area contributed by atoms with Crippen LogP contribution in [0, 0.1) is 5.92 Å². The summed E-state index contributed by atoms with van der Waals surface area (Å²) >= 11 is 0. The highest BCUT2D eigenvalue weighted by atomic mass is 19.4. The van der Waals surface area contributed by atoms with E-state index in [0.717, 1.165) is 12.1 Å². The maximum atomic E-state index is 13.3. The van der Waals surface area contributed by atoms with Crippen molar-refractivity contribution < 1.29 is 32.2 Å². The second kappa shape index (κ2) is 9.30. The third-order valence-electron chi connectivity index (χ3n) is 5.81. The molecule has 0 spiro atoms. The summed E-state index contributed by atoms with van der Waals surface area (Å²) in [4.78, 5) is 29.0. The lowest BCUT2D eigenvalue weighted by Gasteiger charge is -2.31. The van der Waals surface area contributed by atoms with Crippen LogP contribution in [0.3, 0.4) is 0 Å². The van der Waals surface area contributed by atoms with Gasteiger partial charge in [-0.15, -0.1) is 0 Å². The van der Waals surface area contributed by atoms with Crippen LogP contribution in [0.2, 0.25) is 0 Å². The van der Waals surface area contributed by atoms with Crippen LogP contribution < -0.4 is 19.9 Å². The highest BCUT2D eigenvalue weighted by Gasteiger charge is 2.37. The Morgan fingerprint density at radius 2 is 1.85 bits per heavy atom. The Hall–Kier alpha value is -3.27. The lowest BCUT2D eigenvalue weighted by Crippen LogP contribution is -2.37. The Balaban J connectivity index is 1.56. The predicted molar refractivity (Wildman–Crippen MR) is 117 cm³/mol. The number of carbonyl (C=O) groups excluding carboxylic acids is 2. The third kappa shape index (κ3) is 4.90. The largest absolute Gasteiger partial charge is 0.495 e. The van der Waals surface area contributed by atoms with Gasteiger partial charge in [0.15, 0.2) is 0 Å². The van der Waals surface area contributed by atoms with E-state index in [4.69, 9.17) is 9.47 Å². The van der Waals surface area contributed by atoms with E-state index in [2.05, 4.69) is 5.32 Å². The van der Waals surface area contributed by atoms with Crippen molar-refractivity contribution in [3.05, 3.63) is 48.0 Å². The number of nitrogens with one attached hydrogen (secondary N) is 1. The number of benzene rings is 2. The molecule has 10 heteroatoms. The molecule has 0 bridgehead atoms. The van der Waals surface area contributed by atoms with E-state index in [1.165, 1.54) is 18.1 Å². The van der Waals surface area contributed by atoms with Gasteiger partial charge in [-0.3, -0.25) is 9.59 Å². The van der Waals surface area contributed by atoms with Crippen molar-refractivity contribution in [2.24, 2.45) is 5.92 Å². The first-order valence-corrected chi connectivity index (χ1v) is 10.6. The van der Waals surface area contributed by atoms with E-state index in [0.29, 0.717) is 43.4 Å². The molecule has 2 fully saturated rings. The fraction of sp³-hybridized carbons (Fsp3) is 0.391. The Bertz CT molecular complexity index is 1040. The summed E-state index contributed by atoms with van der Waals surface area (Å²) in [5.41, 5.74) is 0.256. The van der Waals surface area contributed by atoms with Crippen molar-refractivity contribution >= 4 is 28.9 Å².